The second-order valence-electron chi connectivity index (χ2n) is 6.72. The molecule has 0 saturated heterocycles. The fourth-order valence-corrected chi connectivity index (χ4v) is 2.80. The molecule has 0 aliphatic rings. The molecule has 0 aliphatic heterocycles. The van der Waals surface area contributed by atoms with Gasteiger partial charge in [0.15, 0.2) is 6.29 Å². The first-order valence-corrected chi connectivity index (χ1v) is 7.90. The summed E-state index contributed by atoms with van der Waals surface area (Å²) in [6, 6.07) is 13.0. The number of rotatable bonds is 2. The second kappa shape index (κ2) is 6.16. The van der Waals surface area contributed by atoms with Crippen LogP contribution in [0, 0.1) is 5.82 Å². The Morgan fingerprint density at radius 2 is 1.72 bits per heavy atom. The Morgan fingerprint density at radius 3 is 2.32 bits per heavy atom. The van der Waals surface area contributed by atoms with Crippen molar-refractivity contribution in [2.75, 3.05) is 0 Å². The molecule has 0 radical (unpaired) electrons. The summed E-state index contributed by atoms with van der Waals surface area (Å²) in [7, 11) is 0. The molecule has 4 nitrogen and oxygen atoms in total. The molecule has 0 saturated carbocycles. The van der Waals surface area contributed by atoms with E-state index >= 15 is 0 Å². The van der Waals surface area contributed by atoms with Crippen LogP contribution in [-0.4, -0.2) is 22.5 Å². The van der Waals surface area contributed by atoms with Crippen molar-refractivity contribution in [2.45, 2.75) is 26.4 Å². The van der Waals surface area contributed by atoms with Gasteiger partial charge in [-0.3, -0.25) is 4.79 Å². The van der Waals surface area contributed by atoms with Gasteiger partial charge in [-0.15, -0.1) is 0 Å². The molecule has 128 valence electrons. The maximum atomic E-state index is 13.3. The quantitative estimate of drug-likeness (QED) is 0.614. The zero-order chi connectivity index (χ0) is 18.2. The van der Waals surface area contributed by atoms with Gasteiger partial charge in [0.05, 0.1) is 5.52 Å². The summed E-state index contributed by atoms with van der Waals surface area (Å²) in [5, 5.41) is 0.724. The summed E-state index contributed by atoms with van der Waals surface area (Å²) in [6.07, 6.45) is 0.00181. The van der Waals surface area contributed by atoms with Crippen LogP contribution in [0.2, 0.25) is 0 Å². The van der Waals surface area contributed by atoms with Crippen LogP contribution in [0.1, 0.15) is 31.3 Å². The lowest BCUT2D eigenvalue weighted by Gasteiger charge is -2.20. The summed E-state index contributed by atoms with van der Waals surface area (Å²) in [4.78, 5) is 24.5. The van der Waals surface area contributed by atoms with Gasteiger partial charge in [-0.2, -0.15) is 0 Å². The van der Waals surface area contributed by atoms with Crippen LogP contribution < -0.4 is 0 Å². The molecule has 0 aliphatic carbocycles. The third-order valence-corrected chi connectivity index (χ3v) is 3.73. The third kappa shape index (κ3) is 3.18. The van der Waals surface area contributed by atoms with E-state index in [1.165, 1.54) is 16.7 Å². The van der Waals surface area contributed by atoms with Crippen molar-refractivity contribution < 1.29 is 18.7 Å². The normalized spacial score (nSPS) is 11.5. The zero-order valence-electron chi connectivity index (χ0n) is 14.2. The zero-order valence-corrected chi connectivity index (χ0v) is 14.2. The molecule has 0 amide bonds. The summed E-state index contributed by atoms with van der Waals surface area (Å²) in [5.41, 5.74) is 1.29. The highest BCUT2D eigenvalue weighted by atomic mass is 19.1. The molecule has 0 atom stereocenters. The highest BCUT2D eigenvalue weighted by Gasteiger charge is 2.25. The van der Waals surface area contributed by atoms with Crippen LogP contribution in [0.4, 0.5) is 9.18 Å². The van der Waals surface area contributed by atoms with E-state index in [0.29, 0.717) is 22.9 Å². The van der Waals surface area contributed by atoms with Crippen LogP contribution in [0.5, 0.6) is 0 Å². The predicted molar refractivity (Wildman–Crippen MR) is 94.4 cm³/mol. The number of hydrogen-bond donors (Lipinski definition) is 0. The Bertz CT molecular complexity index is 949. The summed E-state index contributed by atoms with van der Waals surface area (Å²) in [5.74, 6) is -0.368. The van der Waals surface area contributed by atoms with Crippen molar-refractivity contribution in [1.29, 1.82) is 0 Å². The minimum Gasteiger partial charge on any atom is -0.443 e. The molecule has 3 rings (SSSR count). The molecule has 0 bridgehead atoms. The SMILES string of the molecule is CC(C)(C)OC(=O)n1c(C=O)c(-c2ccc(F)cc2)c2ccccc21. The Kier molecular flexibility index (Phi) is 4.17. The van der Waals surface area contributed by atoms with Crippen LogP contribution in [0.25, 0.3) is 22.0 Å². The monoisotopic (exact) mass is 339 g/mol. The first-order chi connectivity index (χ1) is 11.8. The number of carbonyl (C=O) groups is 2. The van der Waals surface area contributed by atoms with Gasteiger partial charge in [0.25, 0.3) is 0 Å². The fraction of sp³-hybridized carbons (Fsp3) is 0.200. The summed E-state index contributed by atoms with van der Waals surface area (Å²) < 4.78 is 20.0. The molecule has 0 spiro atoms. The maximum absolute atomic E-state index is 13.3. The largest absolute Gasteiger partial charge is 0.443 e. The number of benzene rings is 2. The molecular formula is C20H18FNO3. The first-order valence-electron chi connectivity index (χ1n) is 7.90. The van der Waals surface area contributed by atoms with Crippen LogP contribution in [0.15, 0.2) is 48.5 Å². The molecule has 2 aromatic carbocycles. The van der Waals surface area contributed by atoms with Gasteiger partial charge >= 0.3 is 6.09 Å². The Balaban J connectivity index is 2.30. The molecule has 0 N–H and O–H groups in total. The number of para-hydroxylation sites is 1. The van der Waals surface area contributed by atoms with Crippen LogP contribution in [0.3, 0.4) is 0 Å². The van der Waals surface area contributed by atoms with Crippen molar-refractivity contribution in [3.63, 3.8) is 0 Å². The Morgan fingerprint density at radius 1 is 1.08 bits per heavy atom. The number of halogens is 1. The number of nitrogens with zero attached hydrogens (tertiary/aromatic N) is 1. The van der Waals surface area contributed by atoms with Crippen LogP contribution >= 0.6 is 0 Å². The fourth-order valence-electron chi connectivity index (χ4n) is 2.80. The molecule has 0 fully saturated rings. The lowest BCUT2D eigenvalue weighted by molar-refractivity contribution is 0.0539. The second-order valence-corrected chi connectivity index (χ2v) is 6.72. The van der Waals surface area contributed by atoms with Crippen molar-refractivity contribution in [2.24, 2.45) is 0 Å². The van der Waals surface area contributed by atoms with E-state index in [1.54, 1.807) is 45.0 Å². The van der Waals surface area contributed by atoms with Gasteiger partial charge in [0.1, 0.15) is 17.1 Å². The Labute approximate surface area is 144 Å². The van der Waals surface area contributed by atoms with E-state index in [-0.39, 0.29) is 11.5 Å². The van der Waals surface area contributed by atoms with Gasteiger partial charge in [-0.05, 0) is 44.5 Å². The van der Waals surface area contributed by atoms with E-state index in [4.69, 9.17) is 4.74 Å². The lowest BCUT2D eigenvalue weighted by Crippen LogP contribution is -2.28. The van der Waals surface area contributed by atoms with Crippen molar-refractivity contribution in [1.82, 2.24) is 4.57 Å². The van der Waals surface area contributed by atoms with E-state index in [1.807, 2.05) is 12.1 Å². The standard InChI is InChI=1S/C20H18FNO3/c1-20(2,3)25-19(24)22-16-7-5-4-6-15(16)18(17(22)12-23)13-8-10-14(21)11-9-13/h4-12H,1-3H3. The smallest absolute Gasteiger partial charge is 0.419 e. The number of carbonyl (C=O) groups excluding carboxylic acids is 2. The van der Waals surface area contributed by atoms with Crippen molar-refractivity contribution >= 4 is 23.3 Å². The van der Waals surface area contributed by atoms with Crippen LogP contribution in [-0.2, 0) is 4.74 Å². The molecule has 0 unspecified atom stereocenters. The van der Waals surface area contributed by atoms with E-state index in [0.717, 1.165) is 5.39 Å². The van der Waals surface area contributed by atoms with Gasteiger partial charge in [-0.1, -0.05) is 30.3 Å². The average Bonchev–Trinajstić information content (AvgIpc) is 2.88. The topological polar surface area (TPSA) is 48.3 Å². The first kappa shape index (κ1) is 16.9. The predicted octanol–water partition coefficient (Wildman–Crippen LogP) is 5.04. The van der Waals surface area contributed by atoms with E-state index in [2.05, 4.69) is 0 Å². The molecular weight excluding hydrogens is 321 g/mol. The minimum atomic E-state index is -0.696. The number of aromatic nitrogens is 1. The number of fused-ring (bicyclic) bond motifs is 1. The van der Waals surface area contributed by atoms with E-state index < -0.39 is 11.7 Å². The average molecular weight is 339 g/mol. The van der Waals surface area contributed by atoms with Gasteiger partial charge in [0, 0.05) is 10.9 Å². The van der Waals surface area contributed by atoms with Gasteiger partial charge in [-0.25, -0.2) is 13.8 Å². The molecule has 3 aromatic rings. The minimum absolute atomic E-state index is 0.182. The molecule has 1 heterocycles. The number of ether oxygens (including phenoxy) is 1. The van der Waals surface area contributed by atoms with E-state index in [9.17, 15) is 14.0 Å². The van der Waals surface area contributed by atoms with Crippen molar-refractivity contribution in [3.05, 3.63) is 60.0 Å². The number of aldehydes is 1. The number of hydrogen-bond acceptors (Lipinski definition) is 3. The van der Waals surface area contributed by atoms with Gasteiger partial charge < -0.3 is 4.74 Å². The maximum Gasteiger partial charge on any atom is 0.419 e. The highest BCUT2D eigenvalue weighted by Crippen LogP contribution is 2.34. The lowest BCUT2D eigenvalue weighted by atomic mass is 10.0. The molecule has 25 heavy (non-hydrogen) atoms. The third-order valence-electron chi connectivity index (χ3n) is 3.73. The Hall–Kier alpha value is -2.95. The molecule has 5 heteroatoms. The summed E-state index contributed by atoms with van der Waals surface area (Å²) in [6.45, 7) is 5.29. The molecule has 1 aromatic heterocycles. The van der Waals surface area contributed by atoms with Gasteiger partial charge in [0.2, 0.25) is 0 Å². The summed E-state index contributed by atoms with van der Waals surface area (Å²) >= 11 is 0. The van der Waals surface area contributed by atoms with Crippen molar-refractivity contribution in [3.8, 4) is 11.1 Å². The highest BCUT2D eigenvalue weighted by molar-refractivity contribution is 6.08.